The minimum absolute atomic E-state index is 0.111. The van der Waals surface area contributed by atoms with E-state index in [1.165, 1.54) is 18.2 Å². The molecule has 0 aliphatic rings. The Morgan fingerprint density at radius 3 is 2.65 bits per heavy atom. The van der Waals surface area contributed by atoms with Crippen molar-refractivity contribution in [1.82, 2.24) is 10.1 Å². The zero-order valence-electron chi connectivity index (χ0n) is 10.5. The molecule has 1 unspecified atom stereocenters. The number of aryl methyl sites for hydroxylation is 1. The number of hydrogen-bond donors (Lipinski definition) is 1. The van der Waals surface area contributed by atoms with Crippen molar-refractivity contribution >= 4 is 0 Å². The van der Waals surface area contributed by atoms with Crippen LogP contribution in [0.4, 0.5) is 13.2 Å². The molecule has 0 spiro atoms. The molecular formula is C12H12F3N3O2. The van der Waals surface area contributed by atoms with Gasteiger partial charge in [0, 0.05) is 12.0 Å². The Hall–Kier alpha value is -2.09. The molecule has 5 nitrogen and oxygen atoms in total. The molecule has 1 aromatic carbocycles. The van der Waals surface area contributed by atoms with Crippen LogP contribution in [0.5, 0.6) is 5.75 Å². The standard InChI is InChI=1S/C12H12F3N3O2/c1-2-9-17-11(18-20-9)10(16)7-5-3-4-6-8(7)19-12(13,14)15/h3-6,10H,2,16H2,1H3. The largest absolute Gasteiger partial charge is 0.573 e. The van der Waals surface area contributed by atoms with E-state index in [-0.39, 0.29) is 17.1 Å². The lowest BCUT2D eigenvalue weighted by molar-refractivity contribution is -0.274. The monoisotopic (exact) mass is 287 g/mol. The number of rotatable bonds is 4. The first-order valence-electron chi connectivity index (χ1n) is 5.83. The molecule has 0 aliphatic heterocycles. The van der Waals surface area contributed by atoms with Crippen LogP contribution in [-0.2, 0) is 6.42 Å². The summed E-state index contributed by atoms with van der Waals surface area (Å²) >= 11 is 0. The van der Waals surface area contributed by atoms with E-state index in [0.717, 1.165) is 0 Å². The number of nitrogens with zero attached hydrogens (tertiary/aromatic N) is 2. The van der Waals surface area contributed by atoms with Gasteiger partial charge in [-0.05, 0) is 6.07 Å². The van der Waals surface area contributed by atoms with Gasteiger partial charge in [0.05, 0.1) is 6.04 Å². The van der Waals surface area contributed by atoms with E-state index >= 15 is 0 Å². The number of ether oxygens (including phenoxy) is 1. The third-order valence-electron chi connectivity index (χ3n) is 2.54. The zero-order chi connectivity index (χ0) is 14.8. The molecule has 0 saturated carbocycles. The molecule has 1 aromatic heterocycles. The van der Waals surface area contributed by atoms with Crippen molar-refractivity contribution in [2.24, 2.45) is 5.73 Å². The highest BCUT2D eigenvalue weighted by Crippen LogP contribution is 2.31. The SMILES string of the molecule is CCc1nc(C(N)c2ccccc2OC(F)(F)F)no1. The van der Waals surface area contributed by atoms with Crippen molar-refractivity contribution in [2.75, 3.05) is 0 Å². The van der Waals surface area contributed by atoms with Crippen molar-refractivity contribution in [2.45, 2.75) is 25.7 Å². The van der Waals surface area contributed by atoms with Crippen LogP contribution in [0.25, 0.3) is 0 Å². The molecule has 0 bridgehead atoms. The van der Waals surface area contributed by atoms with E-state index in [9.17, 15) is 13.2 Å². The van der Waals surface area contributed by atoms with Crippen LogP contribution < -0.4 is 10.5 Å². The van der Waals surface area contributed by atoms with Crippen LogP contribution in [-0.4, -0.2) is 16.5 Å². The van der Waals surface area contributed by atoms with Crippen LogP contribution in [0.15, 0.2) is 28.8 Å². The first kappa shape index (κ1) is 14.3. The highest BCUT2D eigenvalue weighted by atomic mass is 19.4. The van der Waals surface area contributed by atoms with E-state index in [2.05, 4.69) is 14.9 Å². The smallest absolute Gasteiger partial charge is 0.405 e. The quantitative estimate of drug-likeness (QED) is 0.935. The van der Waals surface area contributed by atoms with Crippen LogP contribution >= 0.6 is 0 Å². The lowest BCUT2D eigenvalue weighted by atomic mass is 10.1. The van der Waals surface area contributed by atoms with Crippen LogP contribution in [0.2, 0.25) is 0 Å². The number of halogens is 3. The number of hydrogen-bond acceptors (Lipinski definition) is 5. The second kappa shape index (κ2) is 5.49. The number of nitrogens with two attached hydrogens (primary N) is 1. The second-order valence-corrected chi connectivity index (χ2v) is 3.96. The summed E-state index contributed by atoms with van der Waals surface area (Å²) in [7, 11) is 0. The van der Waals surface area contributed by atoms with Crippen molar-refractivity contribution in [1.29, 1.82) is 0 Å². The van der Waals surface area contributed by atoms with E-state index < -0.39 is 12.4 Å². The molecule has 1 atom stereocenters. The fraction of sp³-hybridized carbons (Fsp3) is 0.333. The highest BCUT2D eigenvalue weighted by Gasteiger charge is 2.33. The fourth-order valence-electron chi connectivity index (χ4n) is 1.63. The van der Waals surface area contributed by atoms with E-state index in [4.69, 9.17) is 10.3 Å². The molecule has 8 heteroatoms. The third kappa shape index (κ3) is 3.27. The van der Waals surface area contributed by atoms with Gasteiger partial charge in [0.15, 0.2) is 5.82 Å². The molecule has 20 heavy (non-hydrogen) atoms. The minimum atomic E-state index is -4.79. The summed E-state index contributed by atoms with van der Waals surface area (Å²) in [5, 5.41) is 3.65. The predicted octanol–water partition coefficient (Wildman–Crippen LogP) is 2.58. The Labute approximate surface area is 112 Å². The summed E-state index contributed by atoms with van der Waals surface area (Å²) in [5.74, 6) is 0.0973. The van der Waals surface area contributed by atoms with Gasteiger partial charge >= 0.3 is 6.36 Å². The van der Waals surface area contributed by atoms with Gasteiger partial charge in [0.25, 0.3) is 0 Å². The maximum atomic E-state index is 12.3. The summed E-state index contributed by atoms with van der Waals surface area (Å²) in [6.45, 7) is 1.81. The Morgan fingerprint density at radius 2 is 2.05 bits per heavy atom. The summed E-state index contributed by atoms with van der Waals surface area (Å²) < 4.78 is 45.8. The maximum Gasteiger partial charge on any atom is 0.573 e. The van der Waals surface area contributed by atoms with Gasteiger partial charge in [-0.1, -0.05) is 30.3 Å². The Kier molecular flexibility index (Phi) is 3.93. The number of para-hydroxylation sites is 1. The van der Waals surface area contributed by atoms with Crippen LogP contribution in [0, 0.1) is 0 Å². The molecule has 2 rings (SSSR count). The predicted molar refractivity (Wildman–Crippen MR) is 62.8 cm³/mol. The van der Waals surface area contributed by atoms with Crippen molar-refractivity contribution in [3.8, 4) is 5.75 Å². The van der Waals surface area contributed by atoms with Gasteiger partial charge in [-0.15, -0.1) is 13.2 Å². The fourth-order valence-corrected chi connectivity index (χ4v) is 1.63. The lowest BCUT2D eigenvalue weighted by Gasteiger charge is -2.15. The number of alkyl halides is 3. The first-order valence-corrected chi connectivity index (χ1v) is 5.83. The van der Waals surface area contributed by atoms with E-state index in [1.54, 1.807) is 6.07 Å². The van der Waals surface area contributed by atoms with Gasteiger partial charge in [0.2, 0.25) is 5.89 Å². The topological polar surface area (TPSA) is 74.2 Å². The molecule has 0 saturated heterocycles. The molecule has 0 aliphatic carbocycles. The maximum absolute atomic E-state index is 12.3. The Bertz CT molecular complexity index is 583. The van der Waals surface area contributed by atoms with Gasteiger partial charge in [-0.3, -0.25) is 0 Å². The van der Waals surface area contributed by atoms with E-state index in [1.807, 2.05) is 6.92 Å². The zero-order valence-corrected chi connectivity index (χ0v) is 10.5. The molecular weight excluding hydrogens is 275 g/mol. The van der Waals surface area contributed by atoms with Crippen LogP contribution in [0.1, 0.15) is 30.2 Å². The molecule has 2 aromatic rings. The van der Waals surface area contributed by atoms with Crippen molar-refractivity contribution in [3.63, 3.8) is 0 Å². The van der Waals surface area contributed by atoms with Gasteiger partial charge in [-0.2, -0.15) is 4.98 Å². The van der Waals surface area contributed by atoms with Gasteiger partial charge in [0.1, 0.15) is 5.75 Å². The highest BCUT2D eigenvalue weighted by molar-refractivity contribution is 5.38. The number of aromatic nitrogens is 2. The van der Waals surface area contributed by atoms with Gasteiger partial charge < -0.3 is 15.0 Å². The molecule has 0 fully saturated rings. The second-order valence-electron chi connectivity index (χ2n) is 3.96. The summed E-state index contributed by atoms with van der Waals surface area (Å²) in [4.78, 5) is 4.00. The third-order valence-corrected chi connectivity index (χ3v) is 2.54. The van der Waals surface area contributed by atoms with Crippen LogP contribution in [0.3, 0.4) is 0 Å². The normalized spacial score (nSPS) is 13.2. The average molecular weight is 287 g/mol. The Balaban J connectivity index is 2.31. The average Bonchev–Trinajstić information content (AvgIpc) is 2.85. The van der Waals surface area contributed by atoms with Crippen molar-refractivity contribution < 1.29 is 22.4 Å². The molecule has 2 N–H and O–H groups in total. The summed E-state index contributed by atoms with van der Waals surface area (Å²) in [6.07, 6.45) is -4.28. The minimum Gasteiger partial charge on any atom is -0.405 e. The molecule has 1 heterocycles. The molecule has 0 amide bonds. The first-order chi connectivity index (χ1) is 9.40. The summed E-state index contributed by atoms with van der Waals surface area (Å²) in [5.41, 5.74) is 6.00. The molecule has 0 radical (unpaired) electrons. The van der Waals surface area contributed by atoms with E-state index in [0.29, 0.717) is 12.3 Å². The van der Waals surface area contributed by atoms with Crippen molar-refractivity contribution in [3.05, 3.63) is 41.5 Å². The number of benzene rings is 1. The Morgan fingerprint density at radius 1 is 1.35 bits per heavy atom. The molecule has 108 valence electrons. The summed E-state index contributed by atoms with van der Waals surface area (Å²) in [6, 6.07) is 4.62. The lowest BCUT2D eigenvalue weighted by Crippen LogP contribution is -2.21. The van der Waals surface area contributed by atoms with Gasteiger partial charge in [-0.25, -0.2) is 0 Å².